The van der Waals surface area contributed by atoms with Crippen LogP contribution in [0.3, 0.4) is 0 Å². The second kappa shape index (κ2) is 3.97. The highest BCUT2D eigenvalue weighted by Gasteiger charge is 2.42. The average Bonchev–Trinajstić information content (AvgIpc) is 2.79. The molecular formula is C11H23NO. The summed E-state index contributed by atoms with van der Waals surface area (Å²) in [7, 11) is 0. The van der Waals surface area contributed by atoms with Gasteiger partial charge in [0, 0.05) is 12.6 Å². The van der Waals surface area contributed by atoms with Gasteiger partial charge in [-0.2, -0.15) is 0 Å². The summed E-state index contributed by atoms with van der Waals surface area (Å²) in [5.41, 5.74) is 0.511. The fourth-order valence-electron chi connectivity index (χ4n) is 1.41. The zero-order valence-corrected chi connectivity index (χ0v) is 9.30. The molecule has 0 radical (unpaired) electrons. The standard InChI is InChI=1S/C11H23NO/c1-8(2)10(13)7-12-9(3)11(4)5-6-11/h8-10,12-13H,5-7H2,1-4H3. The molecule has 0 bridgehead atoms. The van der Waals surface area contributed by atoms with Gasteiger partial charge in [-0.25, -0.2) is 0 Å². The third-order valence-corrected chi connectivity index (χ3v) is 3.49. The van der Waals surface area contributed by atoms with Crippen molar-refractivity contribution < 1.29 is 5.11 Å². The fraction of sp³-hybridized carbons (Fsp3) is 1.00. The zero-order valence-electron chi connectivity index (χ0n) is 9.30. The molecule has 2 unspecified atom stereocenters. The van der Waals surface area contributed by atoms with Crippen molar-refractivity contribution in [1.29, 1.82) is 0 Å². The van der Waals surface area contributed by atoms with Crippen LogP contribution in [0.5, 0.6) is 0 Å². The van der Waals surface area contributed by atoms with Gasteiger partial charge in [-0.3, -0.25) is 0 Å². The van der Waals surface area contributed by atoms with Crippen LogP contribution in [-0.2, 0) is 0 Å². The van der Waals surface area contributed by atoms with Crippen LogP contribution in [0.15, 0.2) is 0 Å². The van der Waals surface area contributed by atoms with Crippen molar-refractivity contribution in [3.63, 3.8) is 0 Å². The van der Waals surface area contributed by atoms with E-state index in [1.165, 1.54) is 12.8 Å². The predicted octanol–water partition coefficient (Wildman–Crippen LogP) is 1.78. The van der Waals surface area contributed by atoms with Crippen LogP contribution in [-0.4, -0.2) is 23.8 Å². The third kappa shape index (κ3) is 2.96. The second-order valence-electron chi connectivity index (χ2n) is 5.10. The monoisotopic (exact) mass is 185 g/mol. The largest absolute Gasteiger partial charge is 0.392 e. The van der Waals surface area contributed by atoms with Crippen molar-refractivity contribution >= 4 is 0 Å². The van der Waals surface area contributed by atoms with Gasteiger partial charge in [0.2, 0.25) is 0 Å². The molecule has 0 aromatic carbocycles. The highest BCUT2D eigenvalue weighted by molar-refractivity contribution is 4.96. The molecule has 13 heavy (non-hydrogen) atoms. The van der Waals surface area contributed by atoms with Crippen LogP contribution in [0.2, 0.25) is 0 Å². The molecule has 1 saturated carbocycles. The van der Waals surface area contributed by atoms with Crippen molar-refractivity contribution in [2.75, 3.05) is 6.54 Å². The first-order valence-corrected chi connectivity index (χ1v) is 5.37. The van der Waals surface area contributed by atoms with Crippen LogP contribution in [0, 0.1) is 11.3 Å². The minimum atomic E-state index is -0.204. The van der Waals surface area contributed by atoms with E-state index < -0.39 is 0 Å². The molecule has 0 amide bonds. The van der Waals surface area contributed by atoms with E-state index in [9.17, 15) is 5.11 Å². The van der Waals surface area contributed by atoms with Crippen LogP contribution in [0.1, 0.15) is 40.5 Å². The summed E-state index contributed by atoms with van der Waals surface area (Å²) in [6, 6.07) is 0.542. The van der Waals surface area contributed by atoms with Gasteiger partial charge in [-0.15, -0.1) is 0 Å². The maximum absolute atomic E-state index is 9.60. The number of hydrogen-bond acceptors (Lipinski definition) is 2. The Morgan fingerprint density at radius 1 is 1.31 bits per heavy atom. The normalized spacial score (nSPS) is 24.5. The summed E-state index contributed by atoms with van der Waals surface area (Å²) >= 11 is 0. The minimum Gasteiger partial charge on any atom is -0.392 e. The summed E-state index contributed by atoms with van der Waals surface area (Å²) < 4.78 is 0. The van der Waals surface area contributed by atoms with E-state index in [1.807, 2.05) is 0 Å². The Hall–Kier alpha value is -0.0800. The number of hydrogen-bond donors (Lipinski definition) is 2. The van der Waals surface area contributed by atoms with Gasteiger partial charge in [0.15, 0.2) is 0 Å². The smallest absolute Gasteiger partial charge is 0.0687 e. The molecule has 2 heteroatoms. The van der Waals surface area contributed by atoms with Gasteiger partial charge >= 0.3 is 0 Å². The summed E-state index contributed by atoms with van der Waals surface area (Å²) in [5.74, 6) is 0.353. The topological polar surface area (TPSA) is 32.3 Å². The Morgan fingerprint density at radius 3 is 2.23 bits per heavy atom. The molecule has 0 aromatic heterocycles. The average molecular weight is 185 g/mol. The van der Waals surface area contributed by atoms with Crippen LogP contribution >= 0.6 is 0 Å². The van der Waals surface area contributed by atoms with Gasteiger partial charge < -0.3 is 10.4 Å². The Balaban J connectivity index is 2.18. The maximum atomic E-state index is 9.60. The molecule has 2 nitrogen and oxygen atoms in total. The van der Waals surface area contributed by atoms with E-state index >= 15 is 0 Å². The molecule has 78 valence electrons. The molecule has 1 fully saturated rings. The maximum Gasteiger partial charge on any atom is 0.0687 e. The van der Waals surface area contributed by atoms with Gasteiger partial charge in [0.25, 0.3) is 0 Å². The number of nitrogens with one attached hydrogen (secondary N) is 1. The highest BCUT2D eigenvalue weighted by atomic mass is 16.3. The van der Waals surface area contributed by atoms with Crippen LogP contribution in [0.4, 0.5) is 0 Å². The Kier molecular flexibility index (Phi) is 3.36. The van der Waals surface area contributed by atoms with Crippen LogP contribution < -0.4 is 5.32 Å². The summed E-state index contributed by atoms with van der Waals surface area (Å²) in [6.45, 7) is 9.37. The lowest BCUT2D eigenvalue weighted by Gasteiger charge is -2.23. The van der Waals surface area contributed by atoms with E-state index in [4.69, 9.17) is 0 Å². The van der Waals surface area contributed by atoms with E-state index in [2.05, 4.69) is 33.0 Å². The second-order valence-corrected chi connectivity index (χ2v) is 5.10. The molecule has 1 rings (SSSR count). The highest BCUT2D eigenvalue weighted by Crippen LogP contribution is 2.47. The van der Waals surface area contributed by atoms with Crippen molar-refractivity contribution in [3.8, 4) is 0 Å². The molecule has 0 spiro atoms. The predicted molar refractivity (Wildman–Crippen MR) is 55.7 cm³/mol. The van der Waals surface area contributed by atoms with Crippen LogP contribution in [0.25, 0.3) is 0 Å². The first kappa shape index (κ1) is 11.0. The van der Waals surface area contributed by atoms with Gasteiger partial charge in [-0.1, -0.05) is 20.8 Å². The van der Waals surface area contributed by atoms with Gasteiger partial charge in [0.1, 0.15) is 0 Å². The summed E-state index contributed by atoms with van der Waals surface area (Å²) in [5, 5.41) is 13.0. The molecule has 0 aliphatic heterocycles. The number of rotatable bonds is 5. The summed E-state index contributed by atoms with van der Waals surface area (Å²) in [4.78, 5) is 0. The van der Waals surface area contributed by atoms with Gasteiger partial charge in [-0.05, 0) is 31.1 Å². The molecule has 1 aliphatic carbocycles. The Labute approximate surface area is 81.7 Å². The van der Waals surface area contributed by atoms with E-state index in [0.29, 0.717) is 17.4 Å². The molecule has 0 aromatic rings. The molecule has 2 N–H and O–H groups in total. The zero-order chi connectivity index (χ0) is 10.1. The van der Waals surface area contributed by atoms with E-state index in [1.54, 1.807) is 0 Å². The molecule has 2 atom stereocenters. The molecule has 0 saturated heterocycles. The van der Waals surface area contributed by atoms with Gasteiger partial charge in [0.05, 0.1) is 6.10 Å². The Bertz CT molecular complexity index is 163. The Morgan fingerprint density at radius 2 is 1.85 bits per heavy atom. The first-order chi connectivity index (χ1) is 5.96. The van der Waals surface area contributed by atoms with E-state index in [-0.39, 0.29) is 6.10 Å². The lowest BCUT2D eigenvalue weighted by atomic mass is 10.00. The van der Waals surface area contributed by atoms with E-state index in [0.717, 1.165) is 6.54 Å². The molecular weight excluding hydrogens is 162 g/mol. The lowest BCUT2D eigenvalue weighted by molar-refractivity contribution is 0.117. The minimum absolute atomic E-state index is 0.204. The lowest BCUT2D eigenvalue weighted by Crippen LogP contribution is -2.40. The number of aliphatic hydroxyl groups excluding tert-OH is 1. The molecule has 0 heterocycles. The third-order valence-electron chi connectivity index (χ3n) is 3.49. The molecule has 1 aliphatic rings. The number of aliphatic hydroxyl groups is 1. The van der Waals surface area contributed by atoms with Crippen molar-refractivity contribution in [2.24, 2.45) is 11.3 Å². The fourth-order valence-corrected chi connectivity index (χ4v) is 1.41. The van der Waals surface area contributed by atoms with Crippen molar-refractivity contribution in [3.05, 3.63) is 0 Å². The van der Waals surface area contributed by atoms with Crippen molar-refractivity contribution in [1.82, 2.24) is 5.32 Å². The quantitative estimate of drug-likeness (QED) is 0.684. The SMILES string of the molecule is CC(C)C(O)CNC(C)C1(C)CC1. The van der Waals surface area contributed by atoms with Crippen molar-refractivity contribution in [2.45, 2.75) is 52.7 Å². The first-order valence-electron chi connectivity index (χ1n) is 5.37. The summed E-state index contributed by atoms with van der Waals surface area (Å²) in [6.07, 6.45) is 2.46.